The number of nitrogens with two attached hydrogens (primary N) is 2. The van der Waals surface area contributed by atoms with Gasteiger partial charge in [-0.1, -0.05) is 79.9 Å². The minimum absolute atomic E-state index is 0. The summed E-state index contributed by atoms with van der Waals surface area (Å²) in [5, 5.41) is 21.2. The van der Waals surface area contributed by atoms with E-state index in [9.17, 15) is 14.0 Å². The summed E-state index contributed by atoms with van der Waals surface area (Å²) in [5.74, 6) is -1.85. The maximum atomic E-state index is 14.2. The number of amides is 2. The topological polar surface area (TPSA) is 158 Å². The van der Waals surface area contributed by atoms with E-state index in [1.165, 1.54) is 12.1 Å². The van der Waals surface area contributed by atoms with Gasteiger partial charge in [0.15, 0.2) is 0 Å². The summed E-state index contributed by atoms with van der Waals surface area (Å²) < 4.78 is 14.2. The Bertz CT molecular complexity index is 1390. The van der Waals surface area contributed by atoms with Crippen molar-refractivity contribution in [2.75, 3.05) is 0 Å². The fraction of sp³-hybridized carbons (Fsp3) is 0.312. The van der Waals surface area contributed by atoms with Crippen molar-refractivity contribution < 1.29 is 14.0 Å². The van der Waals surface area contributed by atoms with Crippen LogP contribution < -0.4 is 22.1 Å². The van der Waals surface area contributed by atoms with Crippen LogP contribution in [0.5, 0.6) is 0 Å². The van der Waals surface area contributed by atoms with Gasteiger partial charge in [-0.2, -0.15) is 0 Å². The first-order valence-corrected chi connectivity index (χ1v) is 13.9. The molecule has 2 atom stereocenters. The Labute approximate surface area is 251 Å². The molecular formula is C32H38ClFN6O2. The zero-order valence-corrected chi connectivity index (χ0v) is 24.2. The van der Waals surface area contributed by atoms with E-state index in [0.29, 0.717) is 16.7 Å². The molecule has 0 aliphatic heterocycles. The van der Waals surface area contributed by atoms with E-state index in [4.69, 9.17) is 22.3 Å². The second-order valence-corrected chi connectivity index (χ2v) is 10.6. The lowest BCUT2D eigenvalue weighted by Gasteiger charge is -2.31. The molecule has 42 heavy (non-hydrogen) atoms. The molecule has 8 nitrogen and oxygen atoms in total. The van der Waals surface area contributed by atoms with Gasteiger partial charge in [-0.05, 0) is 54.0 Å². The van der Waals surface area contributed by atoms with Gasteiger partial charge in [0.25, 0.3) is 0 Å². The highest BCUT2D eigenvalue weighted by Crippen LogP contribution is 2.28. The monoisotopic (exact) mass is 592 g/mol. The molecule has 1 aliphatic rings. The Morgan fingerprint density at radius 3 is 1.95 bits per heavy atom. The summed E-state index contributed by atoms with van der Waals surface area (Å²) in [5.41, 5.74) is 14.5. The molecule has 0 bridgehead atoms. The van der Waals surface area contributed by atoms with Crippen molar-refractivity contribution in [3.8, 4) is 0 Å². The van der Waals surface area contributed by atoms with E-state index in [1.807, 2.05) is 12.1 Å². The molecule has 0 radical (unpaired) electrons. The minimum atomic E-state index is -0.730. The smallest absolute Gasteiger partial charge is 0.243 e. The predicted molar refractivity (Wildman–Crippen MR) is 165 cm³/mol. The number of hydrogen-bond donors (Lipinski definition) is 6. The number of hydrogen-bond acceptors (Lipinski definition) is 4. The Hall–Kier alpha value is -4.24. The van der Waals surface area contributed by atoms with Crippen LogP contribution in [-0.2, 0) is 22.6 Å². The SMILES string of the molecule is Cl.N=C(N)c1ccc(CNC(=O)[C@@H](NC(=O)C(Cc2ccc(C(=N)N)cc2)c2cccc(F)c2)C2CCCCC2)cc1. The highest BCUT2D eigenvalue weighted by Gasteiger charge is 2.33. The molecule has 0 aromatic heterocycles. The summed E-state index contributed by atoms with van der Waals surface area (Å²) in [4.78, 5) is 27.4. The lowest BCUT2D eigenvalue weighted by Crippen LogP contribution is -2.52. The lowest BCUT2D eigenvalue weighted by atomic mass is 9.82. The predicted octanol–water partition coefficient (Wildman–Crippen LogP) is 4.52. The van der Waals surface area contributed by atoms with Gasteiger partial charge in [-0.25, -0.2) is 4.39 Å². The van der Waals surface area contributed by atoms with Gasteiger partial charge < -0.3 is 22.1 Å². The second kappa shape index (κ2) is 15.1. The van der Waals surface area contributed by atoms with E-state index >= 15 is 0 Å². The summed E-state index contributed by atoms with van der Waals surface area (Å²) >= 11 is 0. The average molecular weight is 593 g/mol. The van der Waals surface area contributed by atoms with Crippen LogP contribution in [0, 0.1) is 22.6 Å². The van der Waals surface area contributed by atoms with Crippen LogP contribution in [-0.4, -0.2) is 29.5 Å². The largest absolute Gasteiger partial charge is 0.384 e. The maximum absolute atomic E-state index is 14.2. The molecule has 10 heteroatoms. The van der Waals surface area contributed by atoms with Crippen LogP contribution in [0.15, 0.2) is 72.8 Å². The highest BCUT2D eigenvalue weighted by atomic mass is 35.5. The molecule has 0 saturated heterocycles. The van der Waals surface area contributed by atoms with Crippen molar-refractivity contribution in [3.05, 3.63) is 106 Å². The Kier molecular flexibility index (Phi) is 11.6. The summed E-state index contributed by atoms with van der Waals surface area (Å²) in [6.07, 6.45) is 5.05. The highest BCUT2D eigenvalue weighted by molar-refractivity contribution is 5.95. The Balaban J connectivity index is 0.00000484. The standard InChI is InChI=1S/C32H37FN6O2.ClH/c33-26-8-4-7-25(18-26)27(17-20-9-13-23(14-10-20)29(34)35)31(40)39-28(22-5-2-1-3-6-22)32(41)38-19-21-11-15-24(16-12-21)30(36)37;/h4,7-16,18,22,27-28H,1-3,5-6,17,19H2,(H3,34,35)(H3,36,37)(H,38,41)(H,39,40);1H/t27?,28-;/m0./s1. The molecule has 0 heterocycles. The zero-order valence-electron chi connectivity index (χ0n) is 23.4. The number of amidine groups is 2. The van der Waals surface area contributed by atoms with E-state index in [0.717, 1.165) is 43.2 Å². The van der Waals surface area contributed by atoms with E-state index in [1.54, 1.807) is 48.5 Å². The van der Waals surface area contributed by atoms with Crippen LogP contribution in [0.4, 0.5) is 4.39 Å². The number of benzene rings is 3. The molecule has 2 amide bonds. The molecular weight excluding hydrogens is 555 g/mol. The molecule has 1 saturated carbocycles. The molecule has 222 valence electrons. The fourth-order valence-corrected chi connectivity index (χ4v) is 5.36. The molecule has 1 fully saturated rings. The normalized spacial score (nSPS) is 14.6. The Morgan fingerprint density at radius 2 is 1.40 bits per heavy atom. The fourth-order valence-electron chi connectivity index (χ4n) is 5.36. The third-order valence-electron chi connectivity index (χ3n) is 7.71. The van der Waals surface area contributed by atoms with Crippen molar-refractivity contribution in [3.63, 3.8) is 0 Å². The van der Waals surface area contributed by atoms with Gasteiger partial charge in [-0.3, -0.25) is 20.4 Å². The molecule has 3 aromatic carbocycles. The van der Waals surface area contributed by atoms with Gasteiger partial charge in [-0.15, -0.1) is 12.4 Å². The van der Waals surface area contributed by atoms with Crippen molar-refractivity contribution in [1.82, 2.24) is 10.6 Å². The Morgan fingerprint density at radius 1 is 0.833 bits per heavy atom. The summed E-state index contributed by atoms with van der Waals surface area (Å²) in [6, 6.07) is 19.4. The average Bonchev–Trinajstić information content (AvgIpc) is 2.98. The minimum Gasteiger partial charge on any atom is -0.384 e. The number of carbonyl (C=O) groups is 2. The number of halogens is 2. The van der Waals surface area contributed by atoms with Gasteiger partial charge >= 0.3 is 0 Å². The van der Waals surface area contributed by atoms with Crippen LogP contribution in [0.3, 0.4) is 0 Å². The lowest BCUT2D eigenvalue weighted by molar-refractivity contribution is -0.131. The van der Waals surface area contributed by atoms with E-state index in [2.05, 4.69) is 10.6 Å². The first-order chi connectivity index (χ1) is 19.7. The number of rotatable bonds is 11. The second-order valence-electron chi connectivity index (χ2n) is 10.6. The van der Waals surface area contributed by atoms with Crippen LogP contribution in [0.25, 0.3) is 0 Å². The molecule has 8 N–H and O–H groups in total. The van der Waals surface area contributed by atoms with Crippen LogP contribution in [0.1, 0.15) is 65.8 Å². The van der Waals surface area contributed by atoms with Gasteiger partial charge in [0.05, 0.1) is 5.92 Å². The quantitative estimate of drug-likeness (QED) is 0.143. The molecule has 0 spiro atoms. The third-order valence-corrected chi connectivity index (χ3v) is 7.71. The van der Waals surface area contributed by atoms with Crippen LogP contribution >= 0.6 is 12.4 Å². The molecule has 1 aliphatic carbocycles. The molecule has 1 unspecified atom stereocenters. The van der Waals surface area contributed by atoms with Crippen molar-refractivity contribution >= 4 is 35.9 Å². The first-order valence-electron chi connectivity index (χ1n) is 13.9. The van der Waals surface area contributed by atoms with E-state index in [-0.39, 0.29) is 54.8 Å². The molecule has 3 aromatic rings. The van der Waals surface area contributed by atoms with Gasteiger partial charge in [0.2, 0.25) is 11.8 Å². The van der Waals surface area contributed by atoms with E-state index < -0.39 is 17.8 Å². The number of carbonyl (C=O) groups excluding carboxylic acids is 2. The van der Waals surface area contributed by atoms with Gasteiger partial charge in [0.1, 0.15) is 23.5 Å². The van der Waals surface area contributed by atoms with Gasteiger partial charge in [0, 0.05) is 17.7 Å². The van der Waals surface area contributed by atoms with Crippen molar-refractivity contribution in [1.29, 1.82) is 10.8 Å². The third kappa shape index (κ3) is 8.63. The molecule has 4 rings (SSSR count). The maximum Gasteiger partial charge on any atom is 0.243 e. The first kappa shape index (κ1) is 32.3. The van der Waals surface area contributed by atoms with Crippen molar-refractivity contribution in [2.24, 2.45) is 17.4 Å². The zero-order chi connectivity index (χ0) is 29.4. The van der Waals surface area contributed by atoms with Crippen molar-refractivity contribution in [2.45, 2.75) is 57.0 Å². The summed E-state index contributed by atoms with van der Waals surface area (Å²) in [7, 11) is 0. The number of nitrogens with one attached hydrogen (secondary N) is 4. The van der Waals surface area contributed by atoms with Crippen LogP contribution in [0.2, 0.25) is 0 Å². The number of nitrogen functional groups attached to an aromatic ring is 2. The summed E-state index contributed by atoms with van der Waals surface area (Å²) in [6.45, 7) is 0.270.